The highest BCUT2D eigenvalue weighted by Crippen LogP contribution is 2.21. The molecule has 2 heterocycles. The number of hydrogen-bond donors (Lipinski definition) is 3. The molecule has 4 N–H and O–H groups in total. The van der Waals surface area contributed by atoms with Gasteiger partial charge in [-0.05, 0) is 28.1 Å². The highest BCUT2D eigenvalue weighted by atomic mass is 79.9. The van der Waals surface area contributed by atoms with Crippen LogP contribution in [-0.2, 0) is 6.54 Å². The molecule has 13 heavy (non-hydrogen) atoms. The summed E-state index contributed by atoms with van der Waals surface area (Å²) in [5.74, 6) is 0. The number of nitrogens with two attached hydrogens (primary N) is 1. The zero-order chi connectivity index (χ0) is 9.26. The van der Waals surface area contributed by atoms with Gasteiger partial charge in [0.25, 0.3) is 0 Å². The van der Waals surface area contributed by atoms with Crippen molar-refractivity contribution < 1.29 is 0 Å². The van der Waals surface area contributed by atoms with Crippen LogP contribution in [0.15, 0.2) is 23.1 Å². The highest BCUT2D eigenvalue weighted by Gasteiger charge is 2.09. The number of imidazole rings is 1. The molecular weight excluding hydrogens is 232 g/mol. The number of nitrogens with one attached hydrogen (secondary N) is 2. The van der Waals surface area contributed by atoms with Crippen molar-refractivity contribution in [2.75, 3.05) is 0 Å². The van der Waals surface area contributed by atoms with E-state index < -0.39 is 0 Å². The fourth-order valence-electron chi connectivity index (χ4n) is 1.23. The Hall–Kier alpha value is -1.07. The fraction of sp³-hybridized carbons (Fsp3) is 0.125. The molecular formula is C8H9BrN4. The Morgan fingerprint density at radius 1 is 1.54 bits per heavy atom. The smallest absolute Gasteiger partial charge is 0.175 e. The van der Waals surface area contributed by atoms with E-state index in [-0.39, 0.29) is 0 Å². The minimum absolute atomic E-state index is 0.451. The lowest BCUT2D eigenvalue weighted by Crippen LogP contribution is -1.98. The molecule has 0 bridgehead atoms. The molecule has 0 spiro atoms. The maximum Gasteiger partial charge on any atom is 0.175 e. The van der Waals surface area contributed by atoms with Crippen molar-refractivity contribution in [3.05, 3.63) is 28.8 Å². The van der Waals surface area contributed by atoms with Crippen molar-refractivity contribution >= 4 is 15.9 Å². The Kier molecular flexibility index (Phi) is 2.20. The first-order valence-electron chi connectivity index (χ1n) is 3.89. The maximum absolute atomic E-state index is 5.56. The molecule has 0 aromatic carbocycles. The van der Waals surface area contributed by atoms with Crippen molar-refractivity contribution in [3.63, 3.8) is 0 Å². The zero-order valence-corrected chi connectivity index (χ0v) is 8.43. The van der Waals surface area contributed by atoms with E-state index in [9.17, 15) is 0 Å². The number of H-pyrrole nitrogens is 2. The lowest BCUT2D eigenvalue weighted by Gasteiger charge is -1.95. The Labute approximate surface area is 83.7 Å². The van der Waals surface area contributed by atoms with E-state index in [1.54, 1.807) is 0 Å². The van der Waals surface area contributed by atoms with Crippen LogP contribution in [0.1, 0.15) is 5.69 Å². The van der Waals surface area contributed by atoms with Gasteiger partial charge in [0.2, 0.25) is 0 Å². The van der Waals surface area contributed by atoms with Gasteiger partial charge in [0, 0.05) is 12.7 Å². The standard InChI is InChI=1S/C8H9BrN4/c9-8-12-6(4-10)7(13-8)5-2-1-3-11-5/h1-3,11H,4,10H2,(H,12,13). The molecule has 0 saturated heterocycles. The van der Waals surface area contributed by atoms with Crippen LogP contribution in [0.25, 0.3) is 11.4 Å². The summed E-state index contributed by atoms with van der Waals surface area (Å²) in [6, 6.07) is 3.89. The van der Waals surface area contributed by atoms with Crippen LogP contribution in [0.4, 0.5) is 0 Å². The van der Waals surface area contributed by atoms with Gasteiger partial charge in [-0.25, -0.2) is 4.98 Å². The van der Waals surface area contributed by atoms with Crippen LogP contribution in [0.3, 0.4) is 0 Å². The summed E-state index contributed by atoms with van der Waals surface area (Å²) >= 11 is 3.27. The van der Waals surface area contributed by atoms with E-state index >= 15 is 0 Å². The summed E-state index contributed by atoms with van der Waals surface area (Å²) in [5, 5.41) is 0. The van der Waals surface area contributed by atoms with Crippen LogP contribution in [0, 0.1) is 0 Å². The lowest BCUT2D eigenvalue weighted by molar-refractivity contribution is 1.01. The molecule has 0 radical (unpaired) electrons. The van der Waals surface area contributed by atoms with E-state index in [1.165, 1.54) is 0 Å². The molecule has 0 aliphatic rings. The third kappa shape index (κ3) is 1.52. The summed E-state index contributed by atoms with van der Waals surface area (Å²) in [5.41, 5.74) is 8.34. The Balaban J connectivity index is 2.50. The molecule has 2 aromatic heterocycles. The molecule has 0 unspecified atom stereocenters. The molecule has 0 amide bonds. The Morgan fingerprint density at radius 3 is 3.00 bits per heavy atom. The maximum atomic E-state index is 5.56. The SMILES string of the molecule is NCc1[nH]c(Br)nc1-c1ccc[nH]1. The second-order valence-corrected chi connectivity index (χ2v) is 3.39. The second kappa shape index (κ2) is 3.35. The molecule has 0 fully saturated rings. The van der Waals surface area contributed by atoms with Crippen LogP contribution in [0.5, 0.6) is 0 Å². The van der Waals surface area contributed by atoms with Gasteiger partial charge < -0.3 is 15.7 Å². The first-order valence-corrected chi connectivity index (χ1v) is 4.69. The monoisotopic (exact) mass is 240 g/mol. The minimum atomic E-state index is 0.451. The van der Waals surface area contributed by atoms with Crippen LogP contribution in [0.2, 0.25) is 0 Å². The molecule has 0 atom stereocenters. The van der Waals surface area contributed by atoms with Gasteiger partial charge in [-0.1, -0.05) is 0 Å². The third-order valence-corrected chi connectivity index (χ3v) is 2.18. The number of aromatic amines is 2. The third-order valence-electron chi connectivity index (χ3n) is 1.81. The minimum Gasteiger partial charge on any atom is -0.360 e. The zero-order valence-electron chi connectivity index (χ0n) is 6.84. The number of aromatic nitrogens is 3. The van der Waals surface area contributed by atoms with Crippen LogP contribution in [-0.4, -0.2) is 15.0 Å². The summed E-state index contributed by atoms with van der Waals surface area (Å²) in [4.78, 5) is 10.4. The quantitative estimate of drug-likeness (QED) is 0.747. The molecule has 68 valence electrons. The van der Waals surface area contributed by atoms with Gasteiger partial charge in [0.05, 0.1) is 11.4 Å². The van der Waals surface area contributed by atoms with Crippen molar-refractivity contribution in [1.29, 1.82) is 0 Å². The Bertz CT molecular complexity index is 390. The summed E-state index contributed by atoms with van der Waals surface area (Å²) in [6.45, 7) is 0.451. The van der Waals surface area contributed by atoms with Gasteiger partial charge in [-0.15, -0.1) is 0 Å². The topological polar surface area (TPSA) is 70.5 Å². The molecule has 0 saturated carbocycles. The summed E-state index contributed by atoms with van der Waals surface area (Å²) < 4.78 is 0.706. The molecule has 5 heteroatoms. The lowest BCUT2D eigenvalue weighted by atomic mass is 10.2. The predicted molar refractivity (Wildman–Crippen MR) is 54.0 cm³/mol. The van der Waals surface area contributed by atoms with Crippen LogP contribution >= 0.6 is 15.9 Å². The van der Waals surface area contributed by atoms with Crippen molar-refractivity contribution in [1.82, 2.24) is 15.0 Å². The predicted octanol–water partition coefficient (Wildman–Crippen LogP) is 1.63. The molecule has 0 aliphatic heterocycles. The number of rotatable bonds is 2. The number of nitrogens with zero attached hydrogens (tertiary/aromatic N) is 1. The van der Waals surface area contributed by atoms with Gasteiger partial charge in [0.15, 0.2) is 4.73 Å². The van der Waals surface area contributed by atoms with E-state index in [0.717, 1.165) is 17.1 Å². The molecule has 2 aromatic rings. The van der Waals surface area contributed by atoms with Crippen LogP contribution < -0.4 is 5.73 Å². The summed E-state index contributed by atoms with van der Waals surface area (Å²) in [6.07, 6.45) is 1.86. The highest BCUT2D eigenvalue weighted by molar-refractivity contribution is 9.10. The number of hydrogen-bond acceptors (Lipinski definition) is 2. The molecule has 0 aliphatic carbocycles. The first kappa shape index (κ1) is 8.52. The van der Waals surface area contributed by atoms with Crippen molar-refractivity contribution in [2.24, 2.45) is 5.73 Å². The second-order valence-electron chi connectivity index (χ2n) is 2.64. The van der Waals surface area contributed by atoms with Gasteiger partial charge >= 0.3 is 0 Å². The molecule has 4 nitrogen and oxygen atoms in total. The summed E-state index contributed by atoms with van der Waals surface area (Å²) in [7, 11) is 0. The first-order chi connectivity index (χ1) is 6.31. The fourth-order valence-corrected chi connectivity index (χ4v) is 1.64. The average Bonchev–Trinajstić information content (AvgIpc) is 2.71. The van der Waals surface area contributed by atoms with Gasteiger partial charge in [0.1, 0.15) is 5.69 Å². The van der Waals surface area contributed by atoms with Crippen molar-refractivity contribution in [2.45, 2.75) is 6.54 Å². The van der Waals surface area contributed by atoms with E-state index in [0.29, 0.717) is 11.3 Å². The van der Waals surface area contributed by atoms with Gasteiger partial charge in [-0.3, -0.25) is 0 Å². The molecule has 2 rings (SSSR count). The van der Waals surface area contributed by atoms with Crippen molar-refractivity contribution in [3.8, 4) is 11.4 Å². The van der Waals surface area contributed by atoms with E-state index in [4.69, 9.17) is 5.73 Å². The number of halogens is 1. The van der Waals surface area contributed by atoms with E-state index in [1.807, 2.05) is 18.3 Å². The largest absolute Gasteiger partial charge is 0.360 e. The Morgan fingerprint density at radius 2 is 2.38 bits per heavy atom. The van der Waals surface area contributed by atoms with E-state index in [2.05, 4.69) is 30.9 Å². The normalized spacial score (nSPS) is 10.6. The average molecular weight is 241 g/mol. The van der Waals surface area contributed by atoms with Gasteiger partial charge in [-0.2, -0.15) is 0 Å².